The lowest BCUT2D eigenvalue weighted by molar-refractivity contribution is -0.122. The molecule has 0 fully saturated rings. The number of hydrogen-bond donors (Lipinski definition) is 3. The van der Waals surface area contributed by atoms with Crippen LogP contribution >= 0.6 is 11.6 Å². The standard InChI is InChI=1S/C16H23ClFN3O2/c1-10(2)14(12-6-4-5-7-13(12)17)21-16(23)20-11(3)15(22)19-9-8-18/h4-7,10-11,14H,8-9H2,1-3H3,(H,19,22)(H2,20,21,23)/t11-,14-/m1/s1. The Morgan fingerprint density at radius 2 is 1.83 bits per heavy atom. The molecule has 0 bridgehead atoms. The van der Waals surface area contributed by atoms with E-state index in [0.29, 0.717) is 5.02 Å². The van der Waals surface area contributed by atoms with Gasteiger partial charge in [-0.1, -0.05) is 43.6 Å². The van der Waals surface area contributed by atoms with Crippen molar-refractivity contribution in [2.75, 3.05) is 13.2 Å². The lowest BCUT2D eigenvalue weighted by atomic mass is 9.96. The Labute approximate surface area is 141 Å². The summed E-state index contributed by atoms with van der Waals surface area (Å²) in [5.41, 5.74) is 0.814. The molecule has 0 saturated heterocycles. The highest BCUT2D eigenvalue weighted by Crippen LogP contribution is 2.27. The molecule has 1 aromatic rings. The van der Waals surface area contributed by atoms with Crippen LogP contribution in [0.1, 0.15) is 32.4 Å². The van der Waals surface area contributed by atoms with Crippen molar-refractivity contribution in [2.24, 2.45) is 5.92 Å². The van der Waals surface area contributed by atoms with Crippen LogP contribution in [0.2, 0.25) is 5.02 Å². The van der Waals surface area contributed by atoms with Crippen LogP contribution in [-0.2, 0) is 4.79 Å². The van der Waals surface area contributed by atoms with Gasteiger partial charge >= 0.3 is 6.03 Å². The minimum atomic E-state index is -0.763. The van der Waals surface area contributed by atoms with Crippen molar-refractivity contribution in [2.45, 2.75) is 32.9 Å². The van der Waals surface area contributed by atoms with Gasteiger partial charge in [0.2, 0.25) is 5.91 Å². The first kappa shape index (κ1) is 19.2. The average molecular weight is 344 g/mol. The molecule has 1 rings (SSSR count). The van der Waals surface area contributed by atoms with Crippen LogP contribution in [0.5, 0.6) is 0 Å². The molecule has 0 unspecified atom stereocenters. The van der Waals surface area contributed by atoms with Gasteiger partial charge < -0.3 is 16.0 Å². The van der Waals surface area contributed by atoms with Crippen LogP contribution in [0.25, 0.3) is 0 Å². The summed E-state index contributed by atoms with van der Waals surface area (Å²) in [6.07, 6.45) is 0. The zero-order valence-corrected chi connectivity index (χ0v) is 14.3. The third-order valence-electron chi connectivity index (χ3n) is 3.33. The molecule has 23 heavy (non-hydrogen) atoms. The molecule has 3 amide bonds. The lowest BCUT2D eigenvalue weighted by Gasteiger charge is -2.25. The smallest absolute Gasteiger partial charge is 0.315 e. The van der Waals surface area contributed by atoms with Gasteiger partial charge in [0.25, 0.3) is 0 Å². The lowest BCUT2D eigenvalue weighted by Crippen LogP contribution is -2.49. The largest absolute Gasteiger partial charge is 0.352 e. The minimum absolute atomic E-state index is 0.0687. The first-order valence-electron chi connectivity index (χ1n) is 7.52. The van der Waals surface area contributed by atoms with Crippen molar-refractivity contribution >= 4 is 23.5 Å². The molecule has 1 aromatic carbocycles. The Bertz CT molecular complexity index is 540. The third kappa shape index (κ3) is 6.06. The Morgan fingerprint density at radius 3 is 2.39 bits per heavy atom. The molecule has 7 heteroatoms. The number of rotatable bonds is 7. The Hall–Kier alpha value is -1.82. The molecular weight excluding hydrogens is 321 g/mol. The zero-order valence-electron chi connectivity index (χ0n) is 13.5. The van der Waals surface area contributed by atoms with E-state index in [2.05, 4.69) is 16.0 Å². The number of carbonyl (C=O) groups is 2. The predicted molar refractivity (Wildman–Crippen MR) is 89.1 cm³/mol. The number of halogens is 2. The Balaban J connectivity index is 2.69. The summed E-state index contributed by atoms with van der Waals surface area (Å²) in [6, 6.07) is 5.75. The molecule has 3 N–H and O–H groups in total. The van der Waals surface area contributed by atoms with Gasteiger partial charge in [-0.25, -0.2) is 9.18 Å². The maximum absolute atomic E-state index is 12.1. The van der Waals surface area contributed by atoms with Crippen molar-refractivity contribution < 1.29 is 14.0 Å². The fourth-order valence-electron chi connectivity index (χ4n) is 2.10. The maximum atomic E-state index is 12.1. The first-order valence-corrected chi connectivity index (χ1v) is 7.89. The number of nitrogens with one attached hydrogen (secondary N) is 3. The van der Waals surface area contributed by atoms with Gasteiger partial charge in [0.05, 0.1) is 6.04 Å². The number of amides is 3. The molecule has 0 radical (unpaired) electrons. The van der Waals surface area contributed by atoms with Crippen LogP contribution in [0.4, 0.5) is 9.18 Å². The van der Waals surface area contributed by atoms with Crippen molar-refractivity contribution in [1.82, 2.24) is 16.0 Å². The van der Waals surface area contributed by atoms with E-state index >= 15 is 0 Å². The molecule has 0 aromatic heterocycles. The quantitative estimate of drug-likeness (QED) is 0.712. The summed E-state index contributed by atoms with van der Waals surface area (Å²) >= 11 is 6.19. The van der Waals surface area contributed by atoms with Crippen LogP contribution < -0.4 is 16.0 Å². The SMILES string of the molecule is CC(C)[C@@H](NC(=O)N[C@H](C)C(=O)NCCF)c1ccccc1Cl. The number of benzene rings is 1. The van der Waals surface area contributed by atoms with Gasteiger partial charge in [-0.05, 0) is 24.5 Å². The third-order valence-corrected chi connectivity index (χ3v) is 3.67. The highest BCUT2D eigenvalue weighted by Gasteiger charge is 2.22. The van der Waals surface area contributed by atoms with Gasteiger partial charge in [0, 0.05) is 11.6 Å². The summed E-state index contributed by atoms with van der Waals surface area (Å²) in [7, 11) is 0. The fourth-order valence-corrected chi connectivity index (χ4v) is 2.35. The van der Waals surface area contributed by atoms with E-state index in [-0.39, 0.29) is 18.5 Å². The molecule has 5 nitrogen and oxygen atoms in total. The van der Waals surface area contributed by atoms with Crippen molar-refractivity contribution in [1.29, 1.82) is 0 Å². The molecule has 0 aliphatic rings. The van der Waals surface area contributed by atoms with Gasteiger partial charge in [-0.2, -0.15) is 0 Å². The van der Waals surface area contributed by atoms with E-state index in [4.69, 9.17) is 11.6 Å². The van der Waals surface area contributed by atoms with Crippen LogP contribution in [0, 0.1) is 5.92 Å². The van der Waals surface area contributed by atoms with E-state index in [1.165, 1.54) is 6.92 Å². The highest BCUT2D eigenvalue weighted by atomic mass is 35.5. The molecule has 0 spiro atoms. The summed E-state index contributed by atoms with van der Waals surface area (Å²) in [5, 5.41) is 8.31. The van der Waals surface area contributed by atoms with Gasteiger partial charge in [0.15, 0.2) is 0 Å². The highest BCUT2D eigenvalue weighted by molar-refractivity contribution is 6.31. The molecule has 0 aliphatic heterocycles. The molecule has 0 aliphatic carbocycles. The predicted octanol–water partition coefficient (Wildman–Crippen LogP) is 2.81. The second-order valence-corrected chi connectivity index (χ2v) is 5.97. The van der Waals surface area contributed by atoms with Gasteiger partial charge in [-0.15, -0.1) is 0 Å². The Kier molecular flexibility index (Phi) is 7.81. The van der Waals surface area contributed by atoms with E-state index in [1.54, 1.807) is 6.07 Å². The van der Waals surface area contributed by atoms with Gasteiger partial charge in [0.1, 0.15) is 12.7 Å². The average Bonchev–Trinajstić information content (AvgIpc) is 2.50. The molecule has 0 heterocycles. The number of urea groups is 1. The second kappa shape index (κ2) is 9.35. The molecule has 0 saturated carbocycles. The topological polar surface area (TPSA) is 70.2 Å². The minimum Gasteiger partial charge on any atom is -0.352 e. The normalized spacial score (nSPS) is 13.3. The van der Waals surface area contributed by atoms with E-state index < -0.39 is 24.7 Å². The second-order valence-electron chi connectivity index (χ2n) is 5.56. The number of alkyl halides is 1. The summed E-state index contributed by atoms with van der Waals surface area (Å²) in [6.45, 7) is 4.75. The maximum Gasteiger partial charge on any atom is 0.315 e. The van der Waals surface area contributed by atoms with Crippen molar-refractivity contribution in [3.8, 4) is 0 Å². The molecular formula is C16H23ClFN3O2. The molecule has 128 valence electrons. The Morgan fingerprint density at radius 1 is 1.17 bits per heavy atom. The number of hydrogen-bond acceptors (Lipinski definition) is 2. The first-order chi connectivity index (χ1) is 10.9. The molecule has 2 atom stereocenters. The van der Waals surface area contributed by atoms with E-state index in [1.807, 2.05) is 32.0 Å². The summed E-state index contributed by atoms with van der Waals surface area (Å²) < 4.78 is 12.0. The van der Waals surface area contributed by atoms with Crippen LogP contribution in [0.3, 0.4) is 0 Å². The van der Waals surface area contributed by atoms with E-state index in [0.717, 1.165) is 5.56 Å². The number of carbonyl (C=O) groups excluding carboxylic acids is 2. The van der Waals surface area contributed by atoms with Crippen molar-refractivity contribution in [3.63, 3.8) is 0 Å². The summed E-state index contributed by atoms with van der Waals surface area (Å²) in [5.74, 6) is -0.326. The van der Waals surface area contributed by atoms with Gasteiger partial charge in [-0.3, -0.25) is 4.79 Å². The van der Waals surface area contributed by atoms with Crippen LogP contribution in [-0.4, -0.2) is 31.2 Å². The zero-order chi connectivity index (χ0) is 17.4. The van der Waals surface area contributed by atoms with Crippen LogP contribution in [0.15, 0.2) is 24.3 Å². The van der Waals surface area contributed by atoms with E-state index in [9.17, 15) is 14.0 Å². The monoisotopic (exact) mass is 343 g/mol. The summed E-state index contributed by atoms with van der Waals surface area (Å²) in [4.78, 5) is 23.8. The fraction of sp³-hybridized carbons (Fsp3) is 0.500. The van der Waals surface area contributed by atoms with Crippen molar-refractivity contribution in [3.05, 3.63) is 34.9 Å².